The number of phenols is 1. The van der Waals surface area contributed by atoms with E-state index in [1.165, 1.54) is 0 Å². The number of hydrogen-bond donors (Lipinski definition) is 2. The number of aromatic hydroxyl groups is 1. The van der Waals surface area contributed by atoms with Crippen LogP contribution in [0.5, 0.6) is 5.75 Å². The Hall–Kier alpha value is -4.06. The predicted octanol–water partition coefficient (Wildman–Crippen LogP) is 3.52. The van der Waals surface area contributed by atoms with Crippen molar-refractivity contribution < 1.29 is 9.90 Å². The van der Waals surface area contributed by atoms with Crippen molar-refractivity contribution in [3.8, 4) is 5.75 Å². The zero-order chi connectivity index (χ0) is 19.3. The molecule has 0 spiro atoms. The van der Waals surface area contributed by atoms with Crippen LogP contribution in [-0.2, 0) is 0 Å². The summed E-state index contributed by atoms with van der Waals surface area (Å²) in [4.78, 5) is 21.2. The number of carbonyl (C=O) groups excluding carboxylic acids is 1. The lowest BCUT2D eigenvalue weighted by atomic mass is 10.1. The Morgan fingerprint density at radius 2 is 1.39 bits per heavy atom. The maximum absolute atomic E-state index is 12.7. The largest absolute Gasteiger partial charge is 0.507 e. The van der Waals surface area contributed by atoms with Crippen LogP contribution in [0.2, 0.25) is 0 Å². The van der Waals surface area contributed by atoms with Gasteiger partial charge in [-0.2, -0.15) is 5.10 Å². The van der Waals surface area contributed by atoms with Crippen LogP contribution in [0.1, 0.15) is 21.7 Å². The number of nitrogens with one attached hydrogen (secondary N) is 1. The van der Waals surface area contributed by atoms with E-state index in [-0.39, 0.29) is 11.3 Å². The van der Waals surface area contributed by atoms with Gasteiger partial charge in [0.2, 0.25) is 0 Å². The monoisotopic (exact) mass is 368 g/mol. The van der Waals surface area contributed by atoms with Crippen LogP contribution >= 0.6 is 0 Å². The number of benzene rings is 2. The molecule has 0 aliphatic heterocycles. The molecule has 0 radical (unpaired) electrons. The maximum atomic E-state index is 12.7. The number of fused-ring (bicyclic) bond motifs is 1. The lowest BCUT2D eigenvalue weighted by Crippen LogP contribution is -2.21. The molecule has 136 valence electrons. The molecule has 0 atom stereocenters. The second-order valence-corrected chi connectivity index (χ2v) is 6.05. The van der Waals surface area contributed by atoms with E-state index in [0.29, 0.717) is 17.1 Å². The topological polar surface area (TPSA) is 87.5 Å². The first-order valence-electron chi connectivity index (χ1n) is 8.65. The van der Waals surface area contributed by atoms with E-state index in [4.69, 9.17) is 0 Å². The average molecular weight is 368 g/mol. The van der Waals surface area contributed by atoms with Gasteiger partial charge in [0.15, 0.2) is 0 Å². The van der Waals surface area contributed by atoms with Gasteiger partial charge >= 0.3 is 0 Å². The van der Waals surface area contributed by atoms with Crippen LogP contribution in [0, 0.1) is 0 Å². The number of phenolic OH excluding ortho intramolecular Hbond substituents is 1. The van der Waals surface area contributed by atoms with Crippen molar-refractivity contribution in [1.29, 1.82) is 0 Å². The first-order chi connectivity index (χ1) is 13.7. The molecule has 0 aliphatic carbocycles. The quantitative estimate of drug-likeness (QED) is 0.426. The Morgan fingerprint density at radius 1 is 0.821 bits per heavy atom. The van der Waals surface area contributed by atoms with E-state index in [1.54, 1.807) is 48.8 Å². The molecular formula is C22H16N4O2. The van der Waals surface area contributed by atoms with Crippen molar-refractivity contribution in [1.82, 2.24) is 15.4 Å². The van der Waals surface area contributed by atoms with Gasteiger partial charge in [0.1, 0.15) is 11.5 Å². The van der Waals surface area contributed by atoms with Gasteiger partial charge in [-0.1, -0.05) is 36.4 Å². The van der Waals surface area contributed by atoms with E-state index in [0.717, 1.165) is 10.8 Å². The van der Waals surface area contributed by atoms with Crippen molar-refractivity contribution in [3.05, 3.63) is 102 Å². The van der Waals surface area contributed by atoms with Crippen LogP contribution in [0.3, 0.4) is 0 Å². The molecule has 6 heteroatoms. The number of nitrogens with zero attached hydrogens (tertiary/aromatic N) is 3. The van der Waals surface area contributed by atoms with Crippen LogP contribution in [0.25, 0.3) is 10.8 Å². The van der Waals surface area contributed by atoms with Crippen molar-refractivity contribution in [3.63, 3.8) is 0 Å². The van der Waals surface area contributed by atoms with E-state index < -0.39 is 5.91 Å². The molecule has 0 saturated carbocycles. The molecule has 2 aromatic carbocycles. The molecule has 28 heavy (non-hydrogen) atoms. The summed E-state index contributed by atoms with van der Waals surface area (Å²) in [6, 6.07) is 21.5. The van der Waals surface area contributed by atoms with Crippen molar-refractivity contribution >= 4 is 22.4 Å². The molecule has 0 fully saturated rings. The minimum absolute atomic E-state index is 0.108. The molecule has 0 unspecified atom stereocenters. The molecule has 0 saturated heterocycles. The standard InChI is InChI=1S/C22H16N4O2/c27-20-14-16-8-2-1-7-15(16)13-17(20)22(28)26-25-21(18-9-3-5-11-23-18)19-10-4-6-12-24-19/h1-14,27H,(H,26,28). The highest BCUT2D eigenvalue weighted by molar-refractivity contribution is 6.11. The molecule has 0 bridgehead atoms. The Kier molecular flexibility index (Phi) is 4.76. The maximum Gasteiger partial charge on any atom is 0.275 e. The van der Waals surface area contributed by atoms with Gasteiger partial charge in [-0.3, -0.25) is 14.8 Å². The second-order valence-electron chi connectivity index (χ2n) is 6.05. The summed E-state index contributed by atoms with van der Waals surface area (Å²) in [6.07, 6.45) is 3.29. The predicted molar refractivity (Wildman–Crippen MR) is 107 cm³/mol. The molecular weight excluding hydrogens is 352 g/mol. The minimum Gasteiger partial charge on any atom is -0.507 e. The summed E-state index contributed by atoms with van der Waals surface area (Å²) in [5, 5.41) is 16.2. The van der Waals surface area contributed by atoms with Crippen molar-refractivity contribution in [2.75, 3.05) is 0 Å². The summed E-state index contributed by atoms with van der Waals surface area (Å²) in [6.45, 7) is 0. The first-order valence-corrected chi connectivity index (χ1v) is 8.65. The van der Waals surface area contributed by atoms with Crippen molar-refractivity contribution in [2.24, 2.45) is 5.10 Å². The molecule has 2 N–H and O–H groups in total. The fraction of sp³-hybridized carbons (Fsp3) is 0. The average Bonchev–Trinajstić information content (AvgIpc) is 2.75. The number of pyridine rings is 2. The smallest absolute Gasteiger partial charge is 0.275 e. The number of carbonyl (C=O) groups is 1. The fourth-order valence-electron chi connectivity index (χ4n) is 2.83. The Balaban J connectivity index is 1.69. The Morgan fingerprint density at radius 3 is 1.96 bits per heavy atom. The number of hydrogen-bond acceptors (Lipinski definition) is 5. The Bertz CT molecular complexity index is 1120. The van der Waals surface area contributed by atoms with Gasteiger partial charge in [0.25, 0.3) is 5.91 Å². The summed E-state index contributed by atoms with van der Waals surface area (Å²) >= 11 is 0. The number of amides is 1. The highest BCUT2D eigenvalue weighted by Gasteiger charge is 2.14. The van der Waals surface area contributed by atoms with Crippen LogP contribution in [0.15, 0.2) is 90.3 Å². The van der Waals surface area contributed by atoms with Gasteiger partial charge in [-0.05, 0) is 47.2 Å². The lowest BCUT2D eigenvalue weighted by molar-refractivity contribution is 0.0952. The van der Waals surface area contributed by atoms with Gasteiger partial charge in [0, 0.05) is 12.4 Å². The van der Waals surface area contributed by atoms with E-state index in [9.17, 15) is 9.90 Å². The molecule has 4 rings (SSSR count). The zero-order valence-electron chi connectivity index (χ0n) is 14.8. The van der Waals surface area contributed by atoms with Crippen LogP contribution in [0.4, 0.5) is 0 Å². The third kappa shape index (κ3) is 3.57. The third-order valence-corrected chi connectivity index (χ3v) is 4.19. The van der Waals surface area contributed by atoms with Gasteiger partial charge in [0.05, 0.1) is 17.0 Å². The van der Waals surface area contributed by atoms with E-state index in [1.807, 2.05) is 36.4 Å². The molecule has 2 aromatic heterocycles. The van der Waals surface area contributed by atoms with E-state index >= 15 is 0 Å². The minimum atomic E-state index is -0.521. The first kappa shape index (κ1) is 17.4. The number of aromatic nitrogens is 2. The van der Waals surface area contributed by atoms with Crippen molar-refractivity contribution in [2.45, 2.75) is 0 Å². The van der Waals surface area contributed by atoms with Gasteiger partial charge in [-0.25, -0.2) is 5.43 Å². The van der Waals surface area contributed by atoms with Crippen LogP contribution < -0.4 is 5.43 Å². The Labute approximate surface area is 161 Å². The van der Waals surface area contributed by atoms with E-state index in [2.05, 4.69) is 20.5 Å². The SMILES string of the molecule is O=C(NN=C(c1ccccn1)c1ccccn1)c1cc2ccccc2cc1O. The number of hydrazone groups is 1. The second kappa shape index (κ2) is 7.67. The summed E-state index contributed by atoms with van der Waals surface area (Å²) in [5.74, 6) is -0.628. The van der Waals surface area contributed by atoms with Gasteiger partial charge in [-0.15, -0.1) is 0 Å². The summed E-state index contributed by atoms with van der Waals surface area (Å²) in [5.41, 5.74) is 4.23. The fourth-order valence-corrected chi connectivity index (χ4v) is 2.83. The highest BCUT2D eigenvalue weighted by Crippen LogP contribution is 2.24. The molecule has 2 heterocycles. The third-order valence-electron chi connectivity index (χ3n) is 4.19. The lowest BCUT2D eigenvalue weighted by Gasteiger charge is -2.08. The van der Waals surface area contributed by atoms with Gasteiger partial charge < -0.3 is 5.11 Å². The number of rotatable bonds is 4. The molecule has 0 aliphatic rings. The normalized spacial score (nSPS) is 10.4. The molecule has 4 aromatic rings. The highest BCUT2D eigenvalue weighted by atomic mass is 16.3. The summed E-state index contributed by atoms with van der Waals surface area (Å²) < 4.78 is 0. The molecule has 1 amide bonds. The zero-order valence-corrected chi connectivity index (χ0v) is 14.8. The molecule has 6 nitrogen and oxygen atoms in total. The summed E-state index contributed by atoms with van der Waals surface area (Å²) in [7, 11) is 0. The van der Waals surface area contributed by atoms with Crippen LogP contribution in [-0.4, -0.2) is 26.7 Å².